The number of hydrogen-bond acceptors (Lipinski definition) is 7. The number of carbonyl (C=O) groups is 2. The van der Waals surface area contributed by atoms with Gasteiger partial charge in [-0.3, -0.25) is 14.6 Å². The van der Waals surface area contributed by atoms with Gasteiger partial charge >= 0.3 is 0 Å². The highest BCUT2D eigenvalue weighted by Crippen LogP contribution is 2.36. The van der Waals surface area contributed by atoms with Crippen LogP contribution in [0.15, 0.2) is 36.0 Å². The molecule has 182 valence electrons. The smallest absolute Gasteiger partial charge is 0.225 e. The van der Waals surface area contributed by atoms with Crippen LogP contribution in [0, 0.1) is 11.8 Å². The van der Waals surface area contributed by atoms with Gasteiger partial charge in [0.1, 0.15) is 11.9 Å². The average molecular weight is 492 g/mol. The minimum Gasteiger partial charge on any atom is -0.489 e. The number of rotatable bonds is 6. The lowest BCUT2D eigenvalue weighted by atomic mass is 10.0. The van der Waals surface area contributed by atoms with Gasteiger partial charge in [0.25, 0.3) is 0 Å². The van der Waals surface area contributed by atoms with Crippen LogP contribution in [0.4, 0.5) is 5.69 Å². The van der Waals surface area contributed by atoms with Crippen molar-refractivity contribution in [3.8, 4) is 17.0 Å². The predicted octanol–water partition coefficient (Wildman–Crippen LogP) is 3.32. The highest BCUT2D eigenvalue weighted by molar-refractivity contribution is 7.17. The van der Waals surface area contributed by atoms with Crippen LogP contribution in [0.3, 0.4) is 0 Å². The van der Waals surface area contributed by atoms with Gasteiger partial charge in [0.2, 0.25) is 11.8 Å². The van der Waals surface area contributed by atoms with Crippen molar-refractivity contribution in [3.05, 3.63) is 36.0 Å². The number of amides is 2. The second-order valence-corrected chi connectivity index (χ2v) is 10.6. The summed E-state index contributed by atoms with van der Waals surface area (Å²) in [6.45, 7) is 5.89. The van der Waals surface area contributed by atoms with Crippen LogP contribution < -0.4 is 15.0 Å². The van der Waals surface area contributed by atoms with Crippen LogP contribution in [-0.2, 0) is 9.59 Å². The zero-order chi connectivity index (χ0) is 23.9. The van der Waals surface area contributed by atoms with Crippen LogP contribution >= 0.6 is 11.3 Å². The lowest BCUT2D eigenvalue weighted by Crippen LogP contribution is -2.49. The molecule has 2 atom stereocenters. The highest BCUT2D eigenvalue weighted by Gasteiger charge is 2.34. The van der Waals surface area contributed by atoms with Gasteiger partial charge in [-0.2, -0.15) is 0 Å². The van der Waals surface area contributed by atoms with Crippen molar-refractivity contribution in [2.24, 2.45) is 11.8 Å². The number of anilines is 1. The molecule has 1 aromatic carbocycles. The number of nitrogens with zero attached hydrogens (tertiary/aromatic N) is 4. The fourth-order valence-electron chi connectivity index (χ4n) is 4.95. The maximum Gasteiger partial charge on any atom is 0.225 e. The number of thiazole rings is 1. The number of piperazine rings is 1. The molecule has 0 spiro atoms. The number of pyridine rings is 1. The minimum absolute atomic E-state index is 0.0855. The molecule has 1 saturated carbocycles. The summed E-state index contributed by atoms with van der Waals surface area (Å²) in [6, 6.07) is 8.22. The van der Waals surface area contributed by atoms with E-state index in [-0.39, 0.29) is 23.8 Å². The van der Waals surface area contributed by atoms with Gasteiger partial charge in [-0.15, -0.1) is 11.3 Å². The van der Waals surface area contributed by atoms with Crippen LogP contribution in [0.2, 0.25) is 0 Å². The van der Waals surface area contributed by atoms with E-state index in [1.807, 2.05) is 41.7 Å². The second kappa shape index (κ2) is 9.11. The van der Waals surface area contributed by atoms with Gasteiger partial charge < -0.3 is 19.9 Å². The van der Waals surface area contributed by atoms with Crippen molar-refractivity contribution in [1.29, 1.82) is 0 Å². The Morgan fingerprint density at radius 2 is 2.00 bits per heavy atom. The van der Waals surface area contributed by atoms with Crippen molar-refractivity contribution >= 4 is 39.1 Å². The summed E-state index contributed by atoms with van der Waals surface area (Å²) in [4.78, 5) is 37.5. The molecule has 0 bridgehead atoms. The first-order valence-corrected chi connectivity index (χ1v) is 13.2. The van der Waals surface area contributed by atoms with Crippen LogP contribution in [0.5, 0.6) is 5.75 Å². The molecule has 3 fully saturated rings. The van der Waals surface area contributed by atoms with Gasteiger partial charge in [-0.05, 0) is 44.0 Å². The summed E-state index contributed by atoms with van der Waals surface area (Å²) in [5, 5.41) is 2.89. The van der Waals surface area contributed by atoms with E-state index < -0.39 is 0 Å². The molecule has 6 rings (SSSR count). The zero-order valence-electron chi connectivity index (χ0n) is 19.8. The normalized spacial score (nSPS) is 21.3. The molecule has 2 saturated heterocycles. The van der Waals surface area contributed by atoms with Crippen LogP contribution in [-0.4, -0.2) is 65.5 Å². The SMILES string of the molecule is CC(Oc1cc(-c2ccc(N3CCN(C(=O)C4CC4)CC3)cn2)cc2ncsc12)C1CNC(=O)C1. The number of ether oxygens (including phenoxy) is 1. The summed E-state index contributed by atoms with van der Waals surface area (Å²) in [7, 11) is 0. The Labute approximate surface area is 208 Å². The van der Waals surface area contributed by atoms with E-state index in [1.54, 1.807) is 11.3 Å². The molecule has 8 nitrogen and oxygen atoms in total. The van der Waals surface area contributed by atoms with E-state index in [4.69, 9.17) is 9.72 Å². The lowest BCUT2D eigenvalue weighted by Gasteiger charge is -2.36. The van der Waals surface area contributed by atoms with Crippen LogP contribution in [0.1, 0.15) is 26.2 Å². The molecule has 2 amide bonds. The average Bonchev–Trinajstić information content (AvgIpc) is 3.46. The summed E-state index contributed by atoms with van der Waals surface area (Å²) in [5.41, 5.74) is 5.61. The maximum atomic E-state index is 12.3. The van der Waals surface area contributed by atoms with Crippen molar-refractivity contribution < 1.29 is 14.3 Å². The van der Waals surface area contributed by atoms with Crippen molar-refractivity contribution in [3.63, 3.8) is 0 Å². The van der Waals surface area contributed by atoms with Crippen molar-refractivity contribution in [2.75, 3.05) is 37.6 Å². The molecule has 0 radical (unpaired) electrons. The van der Waals surface area contributed by atoms with E-state index >= 15 is 0 Å². The Bertz CT molecular complexity index is 1250. The monoisotopic (exact) mass is 491 g/mol. The molecular weight excluding hydrogens is 462 g/mol. The minimum atomic E-state index is -0.0877. The third kappa shape index (κ3) is 4.57. The summed E-state index contributed by atoms with van der Waals surface area (Å²) in [5.74, 6) is 1.65. The molecule has 2 aromatic heterocycles. The third-order valence-corrected chi connectivity index (χ3v) is 8.17. The Balaban J connectivity index is 1.17. The molecular formula is C26H29N5O3S. The molecule has 2 unspecified atom stereocenters. The van der Waals surface area contributed by atoms with Gasteiger partial charge in [0, 0.05) is 56.5 Å². The fraction of sp³-hybridized carbons (Fsp3) is 0.462. The van der Waals surface area contributed by atoms with E-state index in [0.29, 0.717) is 18.9 Å². The quantitative estimate of drug-likeness (QED) is 0.569. The molecule has 1 aliphatic carbocycles. The van der Waals surface area contributed by atoms with Gasteiger partial charge in [-0.25, -0.2) is 4.98 Å². The summed E-state index contributed by atoms with van der Waals surface area (Å²) >= 11 is 1.56. The standard InChI is InChI=1S/C26H29N5O3S/c1-16(19-12-24(32)28-13-19)34-23-11-18(10-22-25(23)35-15-29-22)21-5-4-20(14-27-21)30-6-8-31(9-7-30)26(33)17-2-3-17/h4-5,10-11,14-17,19H,2-3,6-9,12-13H2,1H3,(H,28,32). The molecule has 9 heteroatoms. The van der Waals surface area contributed by atoms with E-state index in [0.717, 1.165) is 71.9 Å². The highest BCUT2D eigenvalue weighted by atomic mass is 32.1. The predicted molar refractivity (Wildman–Crippen MR) is 136 cm³/mol. The molecule has 1 N–H and O–H groups in total. The Morgan fingerprint density at radius 1 is 1.17 bits per heavy atom. The Kier molecular flexibility index (Phi) is 5.80. The molecule has 35 heavy (non-hydrogen) atoms. The number of fused-ring (bicyclic) bond motifs is 1. The lowest BCUT2D eigenvalue weighted by molar-refractivity contribution is -0.132. The molecule has 4 heterocycles. The van der Waals surface area contributed by atoms with E-state index in [2.05, 4.69) is 21.3 Å². The van der Waals surface area contributed by atoms with Crippen LogP contribution in [0.25, 0.3) is 21.5 Å². The summed E-state index contributed by atoms with van der Waals surface area (Å²) in [6.07, 6.45) is 4.44. The van der Waals surface area contributed by atoms with Crippen molar-refractivity contribution in [2.45, 2.75) is 32.3 Å². The molecule has 3 aromatic rings. The van der Waals surface area contributed by atoms with Gasteiger partial charge in [0.15, 0.2) is 0 Å². The van der Waals surface area contributed by atoms with Gasteiger partial charge in [-0.1, -0.05) is 0 Å². The topological polar surface area (TPSA) is 87.7 Å². The number of carbonyl (C=O) groups excluding carboxylic acids is 2. The van der Waals surface area contributed by atoms with E-state index in [9.17, 15) is 9.59 Å². The number of hydrogen-bond donors (Lipinski definition) is 1. The maximum absolute atomic E-state index is 12.3. The first-order chi connectivity index (χ1) is 17.0. The first kappa shape index (κ1) is 22.3. The number of benzene rings is 1. The first-order valence-electron chi connectivity index (χ1n) is 12.4. The van der Waals surface area contributed by atoms with Crippen molar-refractivity contribution in [1.82, 2.24) is 20.2 Å². The summed E-state index contributed by atoms with van der Waals surface area (Å²) < 4.78 is 7.37. The largest absolute Gasteiger partial charge is 0.489 e. The molecule has 2 aliphatic heterocycles. The van der Waals surface area contributed by atoms with E-state index in [1.165, 1.54) is 0 Å². The number of nitrogens with one attached hydrogen (secondary N) is 1. The third-order valence-electron chi connectivity index (χ3n) is 7.31. The Hall–Kier alpha value is -3.20. The zero-order valence-corrected chi connectivity index (χ0v) is 20.6. The fourth-order valence-corrected chi connectivity index (χ4v) is 5.67. The van der Waals surface area contributed by atoms with Gasteiger partial charge in [0.05, 0.1) is 33.3 Å². The second-order valence-electron chi connectivity index (χ2n) is 9.75. The Morgan fingerprint density at radius 3 is 2.69 bits per heavy atom. The molecule has 3 aliphatic rings. The number of aromatic nitrogens is 2.